The van der Waals surface area contributed by atoms with Crippen LogP contribution in [-0.2, 0) is 16.1 Å². The van der Waals surface area contributed by atoms with Gasteiger partial charge in [0.15, 0.2) is 0 Å². The van der Waals surface area contributed by atoms with Crippen molar-refractivity contribution >= 4 is 18.0 Å². The highest BCUT2D eigenvalue weighted by Crippen LogP contribution is 2.28. The van der Waals surface area contributed by atoms with E-state index in [1.54, 1.807) is 30.3 Å². The molecule has 0 fully saturated rings. The number of primary amides is 1. The average Bonchev–Trinajstić information content (AvgIpc) is 3.11. The number of esters is 1. The second-order valence-corrected chi connectivity index (χ2v) is 4.68. The van der Waals surface area contributed by atoms with E-state index in [2.05, 4.69) is 0 Å². The van der Waals surface area contributed by atoms with Gasteiger partial charge in [0.05, 0.1) is 5.56 Å². The molecule has 3 rings (SSSR count). The molecule has 0 saturated carbocycles. The average molecular weight is 294 g/mol. The first kappa shape index (κ1) is 13.6. The summed E-state index contributed by atoms with van der Waals surface area (Å²) in [5.74, 6) is -0.244. The topological polar surface area (TPSA) is 106 Å². The molecule has 108 valence electrons. The van der Waals surface area contributed by atoms with Crippen molar-refractivity contribution < 1.29 is 18.7 Å². The number of hydrogen-bond donors (Lipinski definition) is 1. The third-order valence-electron chi connectivity index (χ3n) is 3.27. The molecule has 2 aromatic rings. The van der Waals surface area contributed by atoms with E-state index in [-0.39, 0.29) is 18.1 Å². The Bertz CT molecular complexity index is 855. The van der Waals surface area contributed by atoms with Gasteiger partial charge in [-0.1, -0.05) is 6.07 Å². The number of benzene rings is 1. The van der Waals surface area contributed by atoms with Crippen LogP contribution in [0.5, 0.6) is 0 Å². The Morgan fingerprint density at radius 2 is 2.14 bits per heavy atom. The van der Waals surface area contributed by atoms with Crippen LogP contribution in [0.25, 0.3) is 17.4 Å². The molecule has 0 bridgehead atoms. The van der Waals surface area contributed by atoms with Crippen molar-refractivity contribution in [3.05, 3.63) is 52.8 Å². The standard InChI is InChI=1S/C16H10N2O4/c17-7-10(15(18)19)6-12-2-4-14(22-12)9-1-3-13-11(5-9)8-21-16(13)20/h1-6H,8H2,(H2,18,19)/b10-6-. The minimum Gasteiger partial charge on any atom is -0.457 e. The number of nitrogens with two attached hydrogens (primary N) is 1. The van der Waals surface area contributed by atoms with Gasteiger partial charge < -0.3 is 14.9 Å². The summed E-state index contributed by atoms with van der Waals surface area (Å²) in [5, 5.41) is 8.81. The van der Waals surface area contributed by atoms with Gasteiger partial charge in [0.25, 0.3) is 5.91 Å². The molecule has 0 aliphatic carbocycles. The number of amides is 1. The summed E-state index contributed by atoms with van der Waals surface area (Å²) >= 11 is 0. The summed E-state index contributed by atoms with van der Waals surface area (Å²) in [6.07, 6.45) is 1.28. The van der Waals surface area contributed by atoms with Gasteiger partial charge in [-0.25, -0.2) is 4.79 Å². The number of fused-ring (bicyclic) bond motifs is 1. The Hall–Kier alpha value is -3.33. The van der Waals surface area contributed by atoms with E-state index >= 15 is 0 Å². The molecular weight excluding hydrogens is 284 g/mol. The van der Waals surface area contributed by atoms with Crippen molar-refractivity contribution in [2.24, 2.45) is 5.73 Å². The Morgan fingerprint density at radius 1 is 1.32 bits per heavy atom. The minimum atomic E-state index is -0.811. The predicted molar refractivity (Wildman–Crippen MR) is 76.0 cm³/mol. The van der Waals surface area contributed by atoms with Crippen molar-refractivity contribution in [1.82, 2.24) is 0 Å². The molecule has 1 aliphatic rings. The molecule has 2 N–H and O–H groups in total. The summed E-state index contributed by atoms with van der Waals surface area (Å²) in [6, 6.07) is 10.3. The number of rotatable bonds is 3. The maximum atomic E-state index is 11.4. The van der Waals surface area contributed by atoms with E-state index < -0.39 is 5.91 Å². The van der Waals surface area contributed by atoms with E-state index in [0.717, 1.165) is 11.1 Å². The zero-order valence-electron chi connectivity index (χ0n) is 11.3. The van der Waals surface area contributed by atoms with Crippen LogP contribution in [0.15, 0.2) is 40.3 Å². The summed E-state index contributed by atoms with van der Waals surface area (Å²) in [7, 11) is 0. The quantitative estimate of drug-likeness (QED) is 0.529. The lowest BCUT2D eigenvalue weighted by Gasteiger charge is -1.99. The molecule has 1 aromatic heterocycles. The number of carbonyl (C=O) groups is 2. The molecule has 6 heteroatoms. The largest absolute Gasteiger partial charge is 0.457 e. The number of nitrogens with zero attached hydrogens (tertiary/aromatic N) is 1. The van der Waals surface area contributed by atoms with Crippen molar-refractivity contribution in [1.29, 1.82) is 5.26 Å². The van der Waals surface area contributed by atoms with Gasteiger partial charge in [-0.05, 0) is 24.3 Å². The van der Waals surface area contributed by atoms with Crippen molar-refractivity contribution in [2.45, 2.75) is 6.61 Å². The third-order valence-corrected chi connectivity index (χ3v) is 3.27. The van der Waals surface area contributed by atoms with Crippen LogP contribution in [0.4, 0.5) is 0 Å². The summed E-state index contributed by atoms with van der Waals surface area (Å²) < 4.78 is 10.5. The minimum absolute atomic E-state index is 0.186. The Labute approximate surface area is 125 Å². The van der Waals surface area contributed by atoms with Gasteiger partial charge in [0.2, 0.25) is 0 Å². The zero-order chi connectivity index (χ0) is 15.7. The molecule has 0 radical (unpaired) electrons. The van der Waals surface area contributed by atoms with E-state index in [1.165, 1.54) is 6.08 Å². The van der Waals surface area contributed by atoms with Crippen molar-refractivity contribution in [3.8, 4) is 17.4 Å². The monoisotopic (exact) mass is 294 g/mol. The maximum Gasteiger partial charge on any atom is 0.338 e. The number of cyclic esters (lactones) is 1. The molecule has 2 heterocycles. The van der Waals surface area contributed by atoms with Gasteiger partial charge in [0, 0.05) is 17.2 Å². The normalized spacial score (nSPS) is 13.4. The summed E-state index contributed by atoms with van der Waals surface area (Å²) in [5.41, 5.74) is 7.01. The summed E-state index contributed by atoms with van der Waals surface area (Å²) in [6.45, 7) is 0.246. The molecule has 1 aromatic carbocycles. The van der Waals surface area contributed by atoms with Gasteiger partial charge in [-0.2, -0.15) is 5.26 Å². The zero-order valence-corrected chi connectivity index (χ0v) is 11.3. The molecular formula is C16H10N2O4. The lowest BCUT2D eigenvalue weighted by molar-refractivity contribution is -0.114. The maximum absolute atomic E-state index is 11.4. The van der Waals surface area contributed by atoms with Crippen molar-refractivity contribution in [2.75, 3.05) is 0 Å². The lowest BCUT2D eigenvalue weighted by Crippen LogP contribution is -2.12. The van der Waals surface area contributed by atoms with Gasteiger partial charge in [0.1, 0.15) is 29.8 Å². The number of ether oxygens (including phenoxy) is 1. The fraction of sp³-hybridized carbons (Fsp3) is 0.0625. The highest BCUT2D eigenvalue weighted by molar-refractivity contribution is 6.00. The molecule has 6 nitrogen and oxygen atoms in total. The first-order valence-corrected chi connectivity index (χ1v) is 6.40. The first-order valence-electron chi connectivity index (χ1n) is 6.40. The third kappa shape index (κ3) is 2.36. The lowest BCUT2D eigenvalue weighted by atomic mass is 10.0. The van der Waals surface area contributed by atoms with Crippen LogP contribution in [0, 0.1) is 11.3 Å². The van der Waals surface area contributed by atoms with Crippen LogP contribution in [0.3, 0.4) is 0 Å². The molecule has 0 unspecified atom stereocenters. The smallest absolute Gasteiger partial charge is 0.338 e. The number of furan rings is 1. The van der Waals surface area contributed by atoms with Gasteiger partial charge in [-0.3, -0.25) is 4.79 Å². The second kappa shape index (κ2) is 5.22. The van der Waals surface area contributed by atoms with Crippen LogP contribution in [0.2, 0.25) is 0 Å². The summed E-state index contributed by atoms with van der Waals surface area (Å²) in [4.78, 5) is 22.4. The number of carbonyl (C=O) groups excluding carboxylic acids is 2. The fourth-order valence-corrected chi connectivity index (χ4v) is 2.17. The van der Waals surface area contributed by atoms with E-state index in [1.807, 2.05) is 6.07 Å². The second-order valence-electron chi connectivity index (χ2n) is 4.68. The van der Waals surface area contributed by atoms with Gasteiger partial charge in [-0.15, -0.1) is 0 Å². The molecule has 0 spiro atoms. The van der Waals surface area contributed by atoms with Gasteiger partial charge >= 0.3 is 5.97 Å². The number of nitriles is 1. The molecule has 0 saturated heterocycles. The van der Waals surface area contributed by atoms with E-state index in [9.17, 15) is 9.59 Å². The predicted octanol–water partition coefficient (Wildman–Crippen LogP) is 2.01. The van der Waals surface area contributed by atoms with E-state index in [4.69, 9.17) is 20.1 Å². The van der Waals surface area contributed by atoms with Crippen LogP contribution >= 0.6 is 0 Å². The Morgan fingerprint density at radius 3 is 2.86 bits per heavy atom. The van der Waals surface area contributed by atoms with Crippen LogP contribution < -0.4 is 5.73 Å². The van der Waals surface area contributed by atoms with Crippen LogP contribution in [0.1, 0.15) is 21.7 Å². The number of hydrogen-bond acceptors (Lipinski definition) is 5. The fourth-order valence-electron chi connectivity index (χ4n) is 2.17. The molecule has 22 heavy (non-hydrogen) atoms. The first-order chi connectivity index (χ1) is 10.6. The Balaban J connectivity index is 1.94. The van der Waals surface area contributed by atoms with E-state index in [0.29, 0.717) is 17.1 Å². The molecule has 1 amide bonds. The van der Waals surface area contributed by atoms with Crippen molar-refractivity contribution in [3.63, 3.8) is 0 Å². The Kier molecular flexibility index (Phi) is 3.24. The molecule has 0 atom stereocenters. The SMILES string of the molecule is N#C/C(=C/c1ccc(-c2ccc3c(c2)COC3=O)o1)C(N)=O. The van der Waals surface area contributed by atoms with Crippen LogP contribution in [-0.4, -0.2) is 11.9 Å². The highest BCUT2D eigenvalue weighted by Gasteiger charge is 2.21. The highest BCUT2D eigenvalue weighted by atomic mass is 16.5. The molecule has 1 aliphatic heterocycles.